The maximum atomic E-state index is 12.8. The summed E-state index contributed by atoms with van der Waals surface area (Å²) in [5.41, 5.74) is 1.49. The van der Waals surface area contributed by atoms with Gasteiger partial charge in [0, 0.05) is 43.1 Å². The van der Waals surface area contributed by atoms with Gasteiger partial charge in [0.25, 0.3) is 5.91 Å². The third-order valence-electron chi connectivity index (χ3n) is 4.41. The van der Waals surface area contributed by atoms with Gasteiger partial charge in [-0.05, 0) is 24.3 Å². The first-order valence-electron chi connectivity index (χ1n) is 8.66. The second-order valence-corrected chi connectivity index (χ2v) is 6.19. The molecule has 0 aliphatic carbocycles. The molecule has 1 aliphatic rings. The standard InChI is InChI=1S/C19H19N5O3/c1-26-17-6-7-18(22-21-17)27-16-8-11-23(13-16)19(25)14-4-2-5-15(12-14)24-10-3-9-20-24/h2-7,9-10,12,16H,8,11,13H2,1H3. The van der Waals surface area contributed by atoms with Crippen LogP contribution in [0.15, 0.2) is 54.9 Å². The van der Waals surface area contributed by atoms with Gasteiger partial charge in [-0.25, -0.2) is 4.68 Å². The van der Waals surface area contributed by atoms with Gasteiger partial charge in [-0.3, -0.25) is 4.79 Å². The number of carbonyl (C=O) groups is 1. The van der Waals surface area contributed by atoms with Crippen LogP contribution < -0.4 is 9.47 Å². The maximum Gasteiger partial charge on any atom is 0.254 e. The Bertz CT molecular complexity index is 911. The van der Waals surface area contributed by atoms with Crippen molar-refractivity contribution in [3.63, 3.8) is 0 Å². The summed E-state index contributed by atoms with van der Waals surface area (Å²) in [7, 11) is 1.53. The molecule has 138 valence electrons. The highest BCUT2D eigenvalue weighted by molar-refractivity contribution is 5.95. The molecule has 0 spiro atoms. The van der Waals surface area contributed by atoms with E-state index < -0.39 is 0 Å². The van der Waals surface area contributed by atoms with E-state index in [1.54, 1.807) is 27.9 Å². The predicted octanol–water partition coefficient (Wildman–Crippen LogP) is 1.96. The average molecular weight is 365 g/mol. The number of amides is 1. The summed E-state index contributed by atoms with van der Waals surface area (Å²) < 4.78 is 12.6. The highest BCUT2D eigenvalue weighted by Crippen LogP contribution is 2.20. The molecule has 1 fully saturated rings. The lowest BCUT2D eigenvalue weighted by Gasteiger charge is -2.17. The molecule has 1 aromatic carbocycles. The lowest BCUT2D eigenvalue weighted by atomic mass is 10.2. The summed E-state index contributed by atoms with van der Waals surface area (Å²) in [6.45, 7) is 1.15. The minimum absolute atomic E-state index is 0.0177. The highest BCUT2D eigenvalue weighted by atomic mass is 16.5. The van der Waals surface area contributed by atoms with Gasteiger partial charge >= 0.3 is 0 Å². The molecule has 2 aromatic heterocycles. The smallest absolute Gasteiger partial charge is 0.254 e. The van der Waals surface area contributed by atoms with Gasteiger partial charge in [-0.2, -0.15) is 5.10 Å². The highest BCUT2D eigenvalue weighted by Gasteiger charge is 2.28. The van der Waals surface area contributed by atoms with Crippen LogP contribution in [-0.4, -0.2) is 57.1 Å². The fraction of sp³-hybridized carbons (Fsp3) is 0.263. The molecule has 8 heteroatoms. The van der Waals surface area contributed by atoms with E-state index in [2.05, 4.69) is 15.3 Å². The Kier molecular flexibility index (Phi) is 4.69. The maximum absolute atomic E-state index is 12.8. The number of nitrogens with zero attached hydrogens (tertiary/aromatic N) is 5. The second kappa shape index (κ2) is 7.45. The van der Waals surface area contributed by atoms with Crippen LogP contribution in [0.5, 0.6) is 11.8 Å². The van der Waals surface area contributed by atoms with Crippen LogP contribution in [0, 0.1) is 0 Å². The molecule has 1 aliphatic heterocycles. The van der Waals surface area contributed by atoms with E-state index in [0.717, 1.165) is 12.1 Å². The Hall–Kier alpha value is -3.42. The Morgan fingerprint density at radius 2 is 2.00 bits per heavy atom. The SMILES string of the molecule is COc1ccc(OC2CCN(C(=O)c3cccc(-n4cccn4)c3)C2)nn1. The van der Waals surface area contributed by atoms with Crippen molar-refractivity contribution in [2.75, 3.05) is 20.2 Å². The summed E-state index contributed by atoms with van der Waals surface area (Å²) in [4.78, 5) is 14.6. The third-order valence-corrected chi connectivity index (χ3v) is 4.41. The molecule has 1 atom stereocenters. The van der Waals surface area contributed by atoms with Crippen molar-refractivity contribution in [1.29, 1.82) is 0 Å². The van der Waals surface area contributed by atoms with E-state index in [1.807, 2.05) is 36.5 Å². The molecule has 1 amide bonds. The Labute approximate surface area is 156 Å². The van der Waals surface area contributed by atoms with Crippen molar-refractivity contribution in [2.45, 2.75) is 12.5 Å². The molecule has 1 unspecified atom stereocenters. The number of aromatic nitrogens is 4. The van der Waals surface area contributed by atoms with Gasteiger partial charge in [-0.1, -0.05) is 6.07 Å². The van der Waals surface area contributed by atoms with Gasteiger partial charge in [0.1, 0.15) is 6.10 Å². The lowest BCUT2D eigenvalue weighted by molar-refractivity contribution is 0.0771. The normalized spacial score (nSPS) is 16.3. The van der Waals surface area contributed by atoms with Gasteiger partial charge in [0.15, 0.2) is 0 Å². The number of hydrogen-bond acceptors (Lipinski definition) is 6. The first kappa shape index (κ1) is 17.0. The van der Waals surface area contributed by atoms with Crippen LogP contribution in [0.1, 0.15) is 16.8 Å². The van der Waals surface area contributed by atoms with Gasteiger partial charge in [0.2, 0.25) is 11.8 Å². The third kappa shape index (κ3) is 3.74. The van der Waals surface area contributed by atoms with Crippen molar-refractivity contribution in [2.24, 2.45) is 0 Å². The molecule has 8 nitrogen and oxygen atoms in total. The number of rotatable bonds is 5. The zero-order valence-corrected chi connectivity index (χ0v) is 14.9. The van der Waals surface area contributed by atoms with Gasteiger partial charge in [-0.15, -0.1) is 10.2 Å². The van der Waals surface area contributed by atoms with Crippen LogP contribution in [-0.2, 0) is 0 Å². The summed E-state index contributed by atoms with van der Waals surface area (Å²) in [5, 5.41) is 12.1. The minimum Gasteiger partial charge on any atom is -0.480 e. The van der Waals surface area contributed by atoms with Crippen LogP contribution in [0.2, 0.25) is 0 Å². The van der Waals surface area contributed by atoms with Crippen LogP contribution in [0.25, 0.3) is 5.69 Å². The molecule has 0 bridgehead atoms. The zero-order valence-electron chi connectivity index (χ0n) is 14.9. The Morgan fingerprint density at radius 1 is 1.15 bits per heavy atom. The predicted molar refractivity (Wildman–Crippen MR) is 97.1 cm³/mol. The number of methoxy groups -OCH3 is 1. The zero-order chi connectivity index (χ0) is 18.6. The number of carbonyl (C=O) groups excluding carboxylic acids is 1. The van der Waals surface area contributed by atoms with Crippen molar-refractivity contribution < 1.29 is 14.3 Å². The summed E-state index contributed by atoms with van der Waals surface area (Å²) in [6, 6.07) is 12.7. The summed E-state index contributed by atoms with van der Waals surface area (Å²) >= 11 is 0. The van der Waals surface area contributed by atoms with Crippen LogP contribution >= 0.6 is 0 Å². The van der Waals surface area contributed by atoms with Gasteiger partial charge < -0.3 is 14.4 Å². The number of hydrogen-bond donors (Lipinski definition) is 0. The van der Waals surface area contributed by atoms with E-state index in [-0.39, 0.29) is 12.0 Å². The number of benzene rings is 1. The van der Waals surface area contributed by atoms with E-state index in [4.69, 9.17) is 9.47 Å². The van der Waals surface area contributed by atoms with E-state index >= 15 is 0 Å². The van der Waals surface area contributed by atoms with E-state index in [0.29, 0.717) is 30.4 Å². The quantitative estimate of drug-likeness (QED) is 0.687. The topological polar surface area (TPSA) is 82.4 Å². The summed E-state index contributed by atoms with van der Waals surface area (Å²) in [6.07, 6.45) is 4.20. The molecule has 0 radical (unpaired) electrons. The van der Waals surface area contributed by atoms with Crippen molar-refractivity contribution in [3.8, 4) is 17.4 Å². The Balaban J connectivity index is 1.41. The molecule has 4 rings (SSSR count). The molecule has 27 heavy (non-hydrogen) atoms. The van der Waals surface area contributed by atoms with E-state index in [1.165, 1.54) is 7.11 Å². The molecular formula is C19H19N5O3. The van der Waals surface area contributed by atoms with Crippen molar-refractivity contribution in [1.82, 2.24) is 24.9 Å². The fourth-order valence-electron chi connectivity index (χ4n) is 3.04. The van der Waals surface area contributed by atoms with Crippen molar-refractivity contribution >= 4 is 5.91 Å². The molecule has 0 saturated carbocycles. The van der Waals surface area contributed by atoms with Crippen molar-refractivity contribution in [3.05, 3.63) is 60.4 Å². The second-order valence-electron chi connectivity index (χ2n) is 6.19. The van der Waals surface area contributed by atoms with Gasteiger partial charge in [0.05, 0.1) is 19.3 Å². The number of ether oxygens (including phenoxy) is 2. The Morgan fingerprint density at radius 3 is 2.74 bits per heavy atom. The molecular weight excluding hydrogens is 346 g/mol. The first-order chi connectivity index (χ1) is 13.2. The van der Waals surface area contributed by atoms with E-state index in [9.17, 15) is 4.79 Å². The average Bonchev–Trinajstić information content (AvgIpc) is 3.40. The monoisotopic (exact) mass is 365 g/mol. The first-order valence-corrected chi connectivity index (χ1v) is 8.66. The number of likely N-dealkylation sites (tertiary alicyclic amines) is 1. The van der Waals surface area contributed by atoms with Crippen LogP contribution in [0.3, 0.4) is 0 Å². The van der Waals surface area contributed by atoms with Crippen LogP contribution in [0.4, 0.5) is 0 Å². The molecule has 3 heterocycles. The molecule has 3 aromatic rings. The lowest BCUT2D eigenvalue weighted by Crippen LogP contribution is -2.31. The largest absolute Gasteiger partial charge is 0.480 e. The molecule has 0 N–H and O–H groups in total. The molecule has 1 saturated heterocycles. The minimum atomic E-state index is -0.106. The summed E-state index contributed by atoms with van der Waals surface area (Å²) in [5.74, 6) is 0.842. The fourth-order valence-corrected chi connectivity index (χ4v) is 3.04.